The lowest BCUT2D eigenvalue weighted by atomic mass is 10.00. The molecule has 2 aromatic rings. The molecule has 0 unspecified atom stereocenters. The molecule has 7 nitrogen and oxygen atoms in total. The molecular formula is C25H33N3O4S. The minimum absolute atomic E-state index is 0.0497. The van der Waals surface area contributed by atoms with Crippen molar-refractivity contribution in [1.82, 2.24) is 4.90 Å². The molecule has 0 spiro atoms. The fraction of sp³-hybridized carbons (Fsp3) is 0.520. The fourth-order valence-electron chi connectivity index (χ4n) is 4.90. The number of thiophene rings is 1. The van der Waals surface area contributed by atoms with E-state index in [1.54, 1.807) is 32.4 Å². The summed E-state index contributed by atoms with van der Waals surface area (Å²) in [6.45, 7) is 3.51. The first kappa shape index (κ1) is 23.6. The first-order valence-electron chi connectivity index (χ1n) is 11.8. The summed E-state index contributed by atoms with van der Waals surface area (Å²) < 4.78 is 10.7. The van der Waals surface area contributed by atoms with Crippen molar-refractivity contribution in [3.8, 4) is 11.5 Å². The molecule has 1 aromatic carbocycles. The largest absolute Gasteiger partial charge is 0.497 e. The van der Waals surface area contributed by atoms with Crippen LogP contribution in [0.25, 0.3) is 0 Å². The van der Waals surface area contributed by atoms with Gasteiger partial charge in [-0.25, -0.2) is 0 Å². The highest BCUT2D eigenvalue weighted by Crippen LogP contribution is 2.40. The summed E-state index contributed by atoms with van der Waals surface area (Å²) in [4.78, 5) is 29.8. The monoisotopic (exact) mass is 471 g/mol. The van der Waals surface area contributed by atoms with Gasteiger partial charge >= 0.3 is 0 Å². The molecule has 0 radical (unpaired) electrons. The molecule has 1 aromatic heterocycles. The number of rotatable bonds is 8. The van der Waals surface area contributed by atoms with E-state index >= 15 is 0 Å². The van der Waals surface area contributed by atoms with Crippen LogP contribution in [-0.2, 0) is 17.6 Å². The SMILES string of the molecule is CC[C@@H]1CCCCN1CC(=O)Nc1sc2c(c1C(=O)Nc1ccc(OC)cc1OC)CCC2. The summed E-state index contributed by atoms with van der Waals surface area (Å²) in [5, 5.41) is 6.71. The predicted molar refractivity (Wildman–Crippen MR) is 132 cm³/mol. The molecule has 33 heavy (non-hydrogen) atoms. The van der Waals surface area contributed by atoms with Crippen LogP contribution in [0, 0.1) is 0 Å². The van der Waals surface area contributed by atoms with Crippen molar-refractivity contribution in [2.75, 3.05) is 37.9 Å². The third-order valence-electron chi connectivity index (χ3n) is 6.63. The number of aryl methyl sites for hydroxylation is 1. The van der Waals surface area contributed by atoms with Crippen molar-refractivity contribution in [2.45, 2.75) is 57.9 Å². The maximum Gasteiger partial charge on any atom is 0.259 e. The van der Waals surface area contributed by atoms with Crippen LogP contribution in [0.3, 0.4) is 0 Å². The lowest BCUT2D eigenvalue weighted by molar-refractivity contribution is -0.118. The quantitative estimate of drug-likeness (QED) is 0.583. The van der Waals surface area contributed by atoms with Crippen LogP contribution in [0.5, 0.6) is 11.5 Å². The van der Waals surface area contributed by atoms with Crippen LogP contribution in [0.1, 0.15) is 59.8 Å². The van der Waals surface area contributed by atoms with Crippen molar-refractivity contribution in [3.05, 3.63) is 34.2 Å². The lowest BCUT2D eigenvalue weighted by Crippen LogP contribution is -2.43. The van der Waals surface area contributed by atoms with Gasteiger partial charge < -0.3 is 20.1 Å². The first-order valence-corrected chi connectivity index (χ1v) is 12.6. The van der Waals surface area contributed by atoms with Gasteiger partial charge in [-0.3, -0.25) is 14.5 Å². The van der Waals surface area contributed by atoms with Crippen molar-refractivity contribution in [3.63, 3.8) is 0 Å². The number of hydrogen-bond acceptors (Lipinski definition) is 6. The lowest BCUT2D eigenvalue weighted by Gasteiger charge is -2.34. The third kappa shape index (κ3) is 5.17. The Morgan fingerprint density at radius 3 is 2.73 bits per heavy atom. The Labute approximate surface area is 199 Å². The summed E-state index contributed by atoms with van der Waals surface area (Å²) in [7, 11) is 3.14. The Morgan fingerprint density at radius 1 is 1.12 bits per heavy atom. The zero-order chi connectivity index (χ0) is 23.4. The summed E-state index contributed by atoms with van der Waals surface area (Å²) in [6.07, 6.45) is 7.40. The van der Waals surface area contributed by atoms with Gasteiger partial charge in [-0.2, -0.15) is 0 Å². The molecule has 4 rings (SSSR count). The van der Waals surface area contributed by atoms with Crippen LogP contribution in [0.4, 0.5) is 10.7 Å². The number of nitrogens with zero attached hydrogens (tertiary/aromatic N) is 1. The van der Waals surface area contributed by atoms with Crippen LogP contribution in [0.2, 0.25) is 0 Å². The molecule has 1 fully saturated rings. The highest BCUT2D eigenvalue weighted by molar-refractivity contribution is 7.17. The van der Waals surface area contributed by atoms with Crippen molar-refractivity contribution in [2.24, 2.45) is 0 Å². The Kier molecular flexibility index (Phi) is 7.55. The summed E-state index contributed by atoms with van der Waals surface area (Å²) in [5.41, 5.74) is 2.21. The van der Waals surface area contributed by atoms with Gasteiger partial charge in [0.15, 0.2) is 0 Å². The van der Waals surface area contributed by atoms with E-state index in [1.165, 1.54) is 22.6 Å². The van der Waals surface area contributed by atoms with Crippen LogP contribution >= 0.6 is 11.3 Å². The maximum atomic E-state index is 13.4. The van der Waals surface area contributed by atoms with E-state index in [-0.39, 0.29) is 11.8 Å². The van der Waals surface area contributed by atoms with Gasteiger partial charge in [-0.15, -0.1) is 11.3 Å². The van der Waals surface area contributed by atoms with Crippen molar-refractivity contribution in [1.29, 1.82) is 0 Å². The number of nitrogens with one attached hydrogen (secondary N) is 2. The topological polar surface area (TPSA) is 79.9 Å². The highest BCUT2D eigenvalue weighted by atomic mass is 32.1. The number of carbonyl (C=O) groups excluding carboxylic acids is 2. The predicted octanol–water partition coefficient (Wildman–Crippen LogP) is 4.71. The summed E-state index contributed by atoms with van der Waals surface area (Å²) >= 11 is 1.54. The molecule has 8 heteroatoms. The molecule has 1 saturated heterocycles. The van der Waals surface area contributed by atoms with E-state index in [0.29, 0.717) is 40.3 Å². The molecule has 1 atom stereocenters. The smallest absolute Gasteiger partial charge is 0.259 e. The Balaban J connectivity index is 1.53. The number of methoxy groups -OCH3 is 2. The van der Waals surface area contributed by atoms with Gasteiger partial charge in [-0.1, -0.05) is 13.3 Å². The first-order chi connectivity index (χ1) is 16.0. The van der Waals surface area contributed by atoms with E-state index < -0.39 is 0 Å². The zero-order valence-electron chi connectivity index (χ0n) is 19.7. The molecule has 2 N–H and O–H groups in total. The van der Waals surface area contributed by atoms with Crippen molar-refractivity contribution < 1.29 is 19.1 Å². The third-order valence-corrected chi connectivity index (χ3v) is 7.83. The molecular weight excluding hydrogens is 438 g/mol. The second-order valence-corrected chi connectivity index (χ2v) is 9.76. The second-order valence-electron chi connectivity index (χ2n) is 8.66. The minimum Gasteiger partial charge on any atom is -0.497 e. The number of piperidine rings is 1. The Morgan fingerprint density at radius 2 is 1.97 bits per heavy atom. The van der Waals surface area contributed by atoms with Crippen LogP contribution in [-0.4, -0.2) is 50.1 Å². The van der Waals surface area contributed by atoms with E-state index in [4.69, 9.17) is 9.47 Å². The summed E-state index contributed by atoms with van der Waals surface area (Å²) in [6, 6.07) is 5.74. The van der Waals surface area contributed by atoms with Gasteiger partial charge in [-0.05, 0) is 62.8 Å². The van der Waals surface area contributed by atoms with Crippen LogP contribution in [0.15, 0.2) is 18.2 Å². The molecule has 0 saturated carbocycles. The standard InChI is InChI=1S/C25H33N3O4S/c1-4-16-8-5-6-13-28(16)15-22(29)27-25-23(18-9-7-10-21(18)33-25)24(30)26-19-12-11-17(31-2)14-20(19)32-3/h11-12,14,16H,4-10,13,15H2,1-3H3,(H,26,30)(H,27,29)/t16-/m1/s1. The van der Waals surface area contributed by atoms with Crippen LogP contribution < -0.4 is 20.1 Å². The number of ether oxygens (including phenoxy) is 2. The number of carbonyl (C=O) groups is 2. The molecule has 178 valence electrons. The average Bonchev–Trinajstić information content (AvgIpc) is 3.40. The minimum atomic E-state index is -0.224. The average molecular weight is 472 g/mol. The molecule has 0 bridgehead atoms. The van der Waals surface area contributed by atoms with E-state index in [0.717, 1.165) is 50.6 Å². The van der Waals surface area contributed by atoms with Gasteiger partial charge in [0.25, 0.3) is 5.91 Å². The van der Waals surface area contributed by atoms with Gasteiger partial charge in [0.05, 0.1) is 32.0 Å². The molecule has 1 aliphatic heterocycles. The maximum absolute atomic E-state index is 13.4. The molecule has 1 aliphatic carbocycles. The van der Waals surface area contributed by atoms with Gasteiger partial charge in [0.1, 0.15) is 16.5 Å². The molecule has 2 aliphatic rings. The number of likely N-dealkylation sites (tertiary alicyclic amines) is 1. The van der Waals surface area contributed by atoms with Crippen molar-refractivity contribution >= 4 is 33.8 Å². The summed E-state index contributed by atoms with van der Waals surface area (Å²) in [5.74, 6) is 0.900. The van der Waals surface area contributed by atoms with Gasteiger partial charge in [0.2, 0.25) is 5.91 Å². The normalized spacial score (nSPS) is 18.0. The van der Waals surface area contributed by atoms with E-state index in [1.807, 2.05) is 0 Å². The van der Waals surface area contributed by atoms with E-state index in [2.05, 4.69) is 22.5 Å². The van der Waals surface area contributed by atoms with Gasteiger partial charge in [0, 0.05) is 17.0 Å². The number of benzene rings is 1. The Hall–Kier alpha value is -2.58. The number of fused-ring (bicyclic) bond motifs is 1. The number of amides is 2. The molecule has 2 amide bonds. The number of anilines is 2. The zero-order valence-corrected chi connectivity index (χ0v) is 20.5. The number of hydrogen-bond donors (Lipinski definition) is 2. The molecule has 2 heterocycles. The Bertz CT molecular complexity index is 1020. The van der Waals surface area contributed by atoms with E-state index in [9.17, 15) is 9.59 Å². The highest BCUT2D eigenvalue weighted by Gasteiger charge is 2.29. The second kappa shape index (κ2) is 10.6. The fourth-order valence-corrected chi connectivity index (χ4v) is 6.20.